The number of hydrogen-bond donors (Lipinski definition) is 0. The molecule has 0 N–H and O–H groups in total. The Hall–Kier alpha value is -7.94. The Labute approximate surface area is 368 Å². The quantitative estimate of drug-likeness (QED) is 0.156. The summed E-state index contributed by atoms with van der Waals surface area (Å²) in [6.45, 7) is 4.76. The van der Waals surface area contributed by atoms with Gasteiger partial charge in [0.25, 0.3) is 0 Å². The Morgan fingerprint density at radius 1 is 0.349 bits per heavy atom. The van der Waals surface area contributed by atoms with Gasteiger partial charge >= 0.3 is 0 Å². The molecule has 0 unspecified atom stereocenters. The van der Waals surface area contributed by atoms with Crippen molar-refractivity contribution in [1.29, 1.82) is 0 Å². The van der Waals surface area contributed by atoms with Gasteiger partial charge in [0, 0.05) is 38.6 Å². The van der Waals surface area contributed by atoms with Crippen LogP contribution in [0.3, 0.4) is 0 Å². The molecular formula is C61H44N2. The van der Waals surface area contributed by atoms with Gasteiger partial charge in [-0.3, -0.25) is 0 Å². The Bertz CT molecular complexity index is 3390. The van der Waals surface area contributed by atoms with Crippen LogP contribution in [0.15, 0.2) is 231 Å². The third kappa shape index (κ3) is 6.02. The second kappa shape index (κ2) is 14.6. The molecule has 0 fully saturated rings. The molecule has 0 saturated carbocycles. The van der Waals surface area contributed by atoms with E-state index in [0.717, 1.165) is 22.7 Å². The average Bonchev–Trinajstić information content (AvgIpc) is 3.79. The van der Waals surface area contributed by atoms with Crippen LogP contribution in [0.4, 0.5) is 17.1 Å². The number of anilines is 3. The Morgan fingerprint density at radius 2 is 0.810 bits per heavy atom. The summed E-state index contributed by atoms with van der Waals surface area (Å²) in [5.74, 6) is 0. The van der Waals surface area contributed by atoms with Crippen molar-refractivity contribution in [3.63, 3.8) is 0 Å². The lowest BCUT2D eigenvalue weighted by Gasteiger charge is -2.28. The molecule has 0 radical (unpaired) electrons. The second-order valence-electron chi connectivity index (χ2n) is 17.3. The fourth-order valence-corrected chi connectivity index (χ4v) is 10.2. The maximum absolute atomic E-state index is 2.51. The molecule has 10 aromatic carbocycles. The first-order chi connectivity index (χ1) is 31.0. The molecule has 11 aromatic rings. The number of hydrogen-bond acceptors (Lipinski definition) is 1. The van der Waals surface area contributed by atoms with Gasteiger partial charge in [-0.1, -0.05) is 190 Å². The van der Waals surface area contributed by atoms with Crippen molar-refractivity contribution in [1.82, 2.24) is 4.57 Å². The van der Waals surface area contributed by atoms with Gasteiger partial charge in [-0.05, 0) is 116 Å². The van der Waals surface area contributed by atoms with Crippen LogP contribution in [0.25, 0.3) is 82.8 Å². The number of fused-ring (bicyclic) bond motifs is 8. The van der Waals surface area contributed by atoms with Gasteiger partial charge in [-0.2, -0.15) is 0 Å². The lowest BCUT2D eigenvalue weighted by Crippen LogP contribution is -2.14. The summed E-state index contributed by atoms with van der Waals surface area (Å²) in [5, 5.41) is 4.97. The van der Waals surface area contributed by atoms with Crippen LogP contribution in [-0.4, -0.2) is 4.57 Å². The molecule has 298 valence electrons. The molecule has 1 aliphatic rings. The molecule has 12 rings (SSSR count). The summed E-state index contributed by atoms with van der Waals surface area (Å²) in [4.78, 5) is 2.45. The third-order valence-electron chi connectivity index (χ3n) is 13.4. The Morgan fingerprint density at radius 3 is 1.37 bits per heavy atom. The highest BCUT2D eigenvalue weighted by Gasteiger charge is 2.36. The fraction of sp³-hybridized carbons (Fsp3) is 0.0492. The van der Waals surface area contributed by atoms with Crippen LogP contribution in [0.2, 0.25) is 0 Å². The van der Waals surface area contributed by atoms with Crippen LogP contribution in [0.5, 0.6) is 0 Å². The van der Waals surface area contributed by atoms with E-state index in [9.17, 15) is 0 Å². The molecule has 2 nitrogen and oxygen atoms in total. The Kier molecular flexibility index (Phi) is 8.55. The zero-order valence-corrected chi connectivity index (χ0v) is 35.3. The van der Waals surface area contributed by atoms with Gasteiger partial charge in [0.1, 0.15) is 0 Å². The molecule has 0 spiro atoms. The van der Waals surface area contributed by atoms with E-state index >= 15 is 0 Å². The average molecular weight is 805 g/mol. The largest absolute Gasteiger partial charge is 0.310 e. The molecule has 0 saturated heterocycles. The maximum atomic E-state index is 2.51. The zero-order valence-electron chi connectivity index (χ0n) is 35.3. The minimum atomic E-state index is -0.129. The molecule has 1 heterocycles. The number of aromatic nitrogens is 1. The lowest BCUT2D eigenvalue weighted by atomic mass is 9.82. The van der Waals surface area contributed by atoms with Crippen LogP contribution < -0.4 is 4.90 Å². The van der Waals surface area contributed by atoms with E-state index in [1.54, 1.807) is 0 Å². The standard InChI is InChI=1S/C61H44N2/c1-61(2)55-25-15-14-22-50(55)53-39-57-54(38-56(53)61)60-52-24-13-12-23-51(52)58(40-59(60)63(57)49-36-30-46(31-37-49)43-20-10-5-11-21-43)62(47-32-26-44(27-33-47)41-16-6-3-7-17-41)48-34-28-45(29-35-48)42-18-8-4-9-19-42/h3-40H,1-2H3. The summed E-state index contributed by atoms with van der Waals surface area (Å²) in [7, 11) is 0. The smallest absolute Gasteiger partial charge is 0.0568 e. The van der Waals surface area contributed by atoms with Gasteiger partial charge in [0.05, 0.1) is 16.7 Å². The predicted molar refractivity (Wildman–Crippen MR) is 267 cm³/mol. The van der Waals surface area contributed by atoms with Gasteiger partial charge < -0.3 is 9.47 Å². The molecule has 0 bridgehead atoms. The summed E-state index contributed by atoms with van der Waals surface area (Å²) in [5.41, 5.74) is 19.3. The van der Waals surface area contributed by atoms with Gasteiger partial charge in [0.15, 0.2) is 0 Å². The van der Waals surface area contributed by atoms with E-state index < -0.39 is 0 Å². The number of rotatable bonds is 7. The van der Waals surface area contributed by atoms with E-state index in [1.165, 1.54) is 88.2 Å². The third-order valence-corrected chi connectivity index (χ3v) is 13.4. The Balaban J connectivity index is 1.14. The minimum absolute atomic E-state index is 0.129. The second-order valence-corrected chi connectivity index (χ2v) is 17.3. The SMILES string of the molecule is CC1(C)c2ccccc2-c2cc3c(cc21)c1c2ccccc2c(N(c2ccc(-c4ccccc4)cc2)c2ccc(-c4ccccc4)cc2)cc1n3-c1ccc(-c2ccccc2)cc1. The van der Waals surface area contributed by atoms with Crippen LogP contribution in [-0.2, 0) is 5.41 Å². The highest BCUT2D eigenvalue weighted by molar-refractivity contribution is 6.25. The minimum Gasteiger partial charge on any atom is -0.310 e. The molecular weight excluding hydrogens is 761 g/mol. The van der Waals surface area contributed by atoms with Crippen molar-refractivity contribution >= 4 is 49.6 Å². The molecule has 0 atom stereocenters. The van der Waals surface area contributed by atoms with Gasteiger partial charge in [-0.15, -0.1) is 0 Å². The van der Waals surface area contributed by atoms with Crippen molar-refractivity contribution < 1.29 is 0 Å². The van der Waals surface area contributed by atoms with Crippen LogP contribution in [0, 0.1) is 0 Å². The van der Waals surface area contributed by atoms with E-state index in [2.05, 4.69) is 254 Å². The van der Waals surface area contributed by atoms with Gasteiger partial charge in [-0.25, -0.2) is 0 Å². The first-order valence-electron chi connectivity index (χ1n) is 21.9. The first-order valence-corrected chi connectivity index (χ1v) is 21.9. The topological polar surface area (TPSA) is 8.17 Å². The van der Waals surface area contributed by atoms with Crippen molar-refractivity contribution in [3.05, 3.63) is 242 Å². The molecule has 2 heteroatoms. The molecule has 1 aliphatic carbocycles. The zero-order chi connectivity index (χ0) is 42.1. The van der Waals surface area contributed by atoms with Crippen molar-refractivity contribution in [2.45, 2.75) is 19.3 Å². The summed E-state index contributed by atoms with van der Waals surface area (Å²) in [6, 6.07) is 84.6. The maximum Gasteiger partial charge on any atom is 0.0568 e. The van der Waals surface area contributed by atoms with E-state index in [4.69, 9.17) is 0 Å². The van der Waals surface area contributed by atoms with Crippen molar-refractivity contribution in [2.75, 3.05) is 4.90 Å². The molecule has 63 heavy (non-hydrogen) atoms. The first kappa shape index (κ1) is 36.9. The monoisotopic (exact) mass is 804 g/mol. The van der Waals surface area contributed by atoms with Crippen LogP contribution in [0.1, 0.15) is 25.0 Å². The highest BCUT2D eigenvalue weighted by atomic mass is 15.1. The van der Waals surface area contributed by atoms with E-state index in [0.29, 0.717) is 0 Å². The summed E-state index contributed by atoms with van der Waals surface area (Å²) < 4.78 is 2.51. The lowest BCUT2D eigenvalue weighted by molar-refractivity contribution is 0.661. The van der Waals surface area contributed by atoms with Crippen LogP contribution >= 0.6 is 0 Å². The normalized spacial score (nSPS) is 12.7. The van der Waals surface area contributed by atoms with E-state index in [1.807, 2.05) is 0 Å². The molecule has 0 amide bonds. The van der Waals surface area contributed by atoms with Crippen molar-refractivity contribution in [3.8, 4) is 50.2 Å². The fourth-order valence-electron chi connectivity index (χ4n) is 10.2. The summed E-state index contributed by atoms with van der Waals surface area (Å²) >= 11 is 0. The number of benzene rings is 10. The highest BCUT2D eigenvalue weighted by Crippen LogP contribution is 2.53. The van der Waals surface area contributed by atoms with Gasteiger partial charge in [0.2, 0.25) is 0 Å². The summed E-state index contributed by atoms with van der Waals surface area (Å²) in [6.07, 6.45) is 0. The molecule has 1 aromatic heterocycles. The number of nitrogens with zero attached hydrogens (tertiary/aromatic N) is 2. The molecule has 0 aliphatic heterocycles. The van der Waals surface area contributed by atoms with Crippen molar-refractivity contribution in [2.24, 2.45) is 0 Å². The van der Waals surface area contributed by atoms with E-state index in [-0.39, 0.29) is 5.41 Å². The predicted octanol–water partition coefficient (Wildman–Crippen LogP) is 16.7.